The van der Waals surface area contributed by atoms with Crippen LogP contribution in [0.15, 0.2) is 77.4 Å². The molecular formula is C22H20N2O3. The maximum atomic E-state index is 13.2. The molecule has 0 aliphatic rings. The van der Waals surface area contributed by atoms with Crippen LogP contribution >= 0.6 is 0 Å². The molecule has 0 saturated carbocycles. The van der Waals surface area contributed by atoms with Gasteiger partial charge < -0.3 is 19.0 Å². The lowest BCUT2D eigenvalue weighted by molar-refractivity contribution is 0.0712. The smallest absolute Gasteiger partial charge is 0.271 e. The van der Waals surface area contributed by atoms with Crippen molar-refractivity contribution in [2.75, 3.05) is 7.11 Å². The molecule has 0 bridgehead atoms. The average molecular weight is 360 g/mol. The molecule has 0 fully saturated rings. The zero-order valence-corrected chi connectivity index (χ0v) is 15.0. The summed E-state index contributed by atoms with van der Waals surface area (Å²) >= 11 is 0. The lowest BCUT2D eigenvalue weighted by Gasteiger charge is -2.21. The molecule has 0 aliphatic heterocycles. The Balaban J connectivity index is 1.64. The summed E-state index contributed by atoms with van der Waals surface area (Å²) in [6, 6.07) is 21.2. The number of amides is 1. The number of aromatic nitrogens is 1. The SMILES string of the molecule is COc1ccc2cc(C(=O)N(Cc3ccccc3)Cc3ccco3)[nH]c2c1. The van der Waals surface area contributed by atoms with Gasteiger partial charge >= 0.3 is 0 Å². The quantitative estimate of drug-likeness (QED) is 0.546. The minimum Gasteiger partial charge on any atom is -0.497 e. The summed E-state index contributed by atoms with van der Waals surface area (Å²) in [4.78, 5) is 18.2. The van der Waals surface area contributed by atoms with E-state index >= 15 is 0 Å². The van der Waals surface area contributed by atoms with Crippen LogP contribution in [0, 0.1) is 0 Å². The molecule has 5 nitrogen and oxygen atoms in total. The first kappa shape index (κ1) is 17.0. The highest BCUT2D eigenvalue weighted by molar-refractivity contribution is 5.98. The second-order valence-electron chi connectivity index (χ2n) is 6.36. The van der Waals surface area contributed by atoms with E-state index < -0.39 is 0 Å². The number of rotatable bonds is 6. The molecule has 1 amide bonds. The molecule has 4 aromatic rings. The molecule has 27 heavy (non-hydrogen) atoms. The van der Waals surface area contributed by atoms with Gasteiger partial charge in [-0.1, -0.05) is 30.3 Å². The molecule has 0 saturated heterocycles. The third-order valence-corrected chi connectivity index (χ3v) is 4.49. The summed E-state index contributed by atoms with van der Waals surface area (Å²) in [5.74, 6) is 1.42. The van der Waals surface area contributed by atoms with E-state index in [1.807, 2.05) is 66.7 Å². The van der Waals surface area contributed by atoms with Crippen molar-refractivity contribution in [2.45, 2.75) is 13.1 Å². The van der Waals surface area contributed by atoms with Crippen LogP contribution in [0.25, 0.3) is 10.9 Å². The average Bonchev–Trinajstić information content (AvgIpc) is 3.36. The maximum absolute atomic E-state index is 13.2. The maximum Gasteiger partial charge on any atom is 0.271 e. The molecule has 2 aromatic carbocycles. The largest absolute Gasteiger partial charge is 0.497 e. The van der Waals surface area contributed by atoms with Gasteiger partial charge in [0.2, 0.25) is 0 Å². The van der Waals surface area contributed by atoms with Crippen molar-refractivity contribution < 1.29 is 13.9 Å². The summed E-state index contributed by atoms with van der Waals surface area (Å²) in [5.41, 5.74) is 2.48. The van der Waals surface area contributed by atoms with Crippen molar-refractivity contribution in [3.05, 3.63) is 90.0 Å². The number of carbonyl (C=O) groups excluding carboxylic acids is 1. The van der Waals surface area contributed by atoms with Gasteiger partial charge in [-0.25, -0.2) is 0 Å². The normalized spacial score (nSPS) is 10.9. The number of furan rings is 1. The lowest BCUT2D eigenvalue weighted by atomic mass is 10.2. The molecule has 0 aliphatic carbocycles. The number of nitrogens with one attached hydrogen (secondary N) is 1. The van der Waals surface area contributed by atoms with Crippen LogP contribution < -0.4 is 4.74 Å². The molecule has 136 valence electrons. The highest BCUT2D eigenvalue weighted by atomic mass is 16.5. The highest BCUT2D eigenvalue weighted by Crippen LogP contribution is 2.23. The topological polar surface area (TPSA) is 58.5 Å². The number of nitrogens with zero attached hydrogens (tertiary/aromatic N) is 1. The number of fused-ring (bicyclic) bond motifs is 1. The molecule has 5 heteroatoms. The summed E-state index contributed by atoms with van der Waals surface area (Å²) in [6.07, 6.45) is 1.62. The highest BCUT2D eigenvalue weighted by Gasteiger charge is 2.20. The molecule has 2 aromatic heterocycles. The number of benzene rings is 2. The number of hydrogen-bond acceptors (Lipinski definition) is 3. The number of ether oxygens (including phenoxy) is 1. The Morgan fingerprint density at radius 3 is 2.63 bits per heavy atom. The number of carbonyl (C=O) groups is 1. The Kier molecular flexibility index (Phi) is 4.66. The molecular weight excluding hydrogens is 340 g/mol. The van der Waals surface area contributed by atoms with Crippen LogP contribution in [0.2, 0.25) is 0 Å². The fourth-order valence-electron chi connectivity index (χ4n) is 3.11. The van der Waals surface area contributed by atoms with Crippen LogP contribution in [-0.2, 0) is 13.1 Å². The number of H-pyrrole nitrogens is 1. The van der Waals surface area contributed by atoms with Gasteiger partial charge in [-0.05, 0) is 35.9 Å². The van der Waals surface area contributed by atoms with E-state index in [0.717, 1.165) is 28.0 Å². The van der Waals surface area contributed by atoms with E-state index in [0.29, 0.717) is 18.8 Å². The molecule has 0 atom stereocenters. The Morgan fingerprint density at radius 2 is 1.89 bits per heavy atom. The first-order valence-electron chi connectivity index (χ1n) is 8.75. The van der Waals surface area contributed by atoms with Gasteiger partial charge in [0.15, 0.2) is 0 Å². The van der Waals surface area contributed by atoms with Crippen molar-refractivity contribution in [1.29, 1.82) is 0 Å². The Labute approximate surface area is 157 Å². The molecule has 4 rings (SSSR count). The van der Waals surface area contributed by atoms with Crippen LogP contribution in [-0.4, -0.2) is 22.9 Å². The molecule has 0 spiro atoms. The predicted octanol–water partition coefficient (Wildman–Crippen LogP) is 4.61. The minimum atomic E-state index is -0.0783. The number of methoxy groups -OCH3 is 1. The van der Waals surface area contributed by atoms with Crippen molar-refractivity contribution in [3.8, 4) is 5.75 Å². The molecule has 1 N–H and O–H groups in total. The van der Waals surface area contributed by atoms with Crippen molar-refractivity contribution in [3.63, 3.8) is 0 Å². The van der Waals surface area contributed by atoms with Crippen LogP contribution in [0.5, 0.6) is 5.75 Å². The summed E-state index contributed by atoms with van der Waals surface area (Å²) in [5, 5.41) is 0.969. The molecule has 0 radical (unpaired) electrons. The monoisotopic (exact) mass is 360 g/mol. The van der Waals surface area contributed by atoms with Crippen molar-refractivity contribution in [1.82, 2.24) is 9.88 Å². The predicted molar refractivity (Wildman–Crippen MR) is 104 cm³/mol. The van der Waals surface area contributed by atoms with E-state index in [1.54, 1.807) is 18.3 Å². The van der Waals surface area contributed by atoms with Crippen LogP contribution in [0.1, 0.15) is 21.8 Å². The second kappa shape index (κ2) is 7.41. The first-order valence-corrected chi connectivity index (χ1v) is 8.75. The third kappa shape index (κ3) is 3.72. The van der Waals surface area contributed by atoms with E-state index in [-0.39, 0.29) is 5.91 Å². The van der Waals surface area contributed by atoms with Gasteiger partial charge in [-0.15, -0.1) is 0 Å². The van der Waals surface area contributed by atoms with E-state index in [4.69, 9.17) is 9.15 Å². The van der Waals surface area contributed by atoms with Crippen LogP contribution in [0.3, 0.4) is 0 Å². The Hall–Kier alpha value is -3.47. The molecule has 0 unspecified atom stereocenters. The zero-order chi connectivity index (χ0) is 18.6. The van der Waals surface area contributed by atoms with Gasteiger partial charge in [-0.2, -0.15) is 0 Å². The minimum absolute atomic E-state index is 0.0783. The van der Waals surface area contributed by atoms with E-state index in [1.165, 1.54) is 0 Å². The lowest BCUT2D eigenvalue weighted by Crippen LogP contribution is -2.30. The van der Waals surface area contributed by atoms with E-state index in [9.17, 15) is 4.79 Å². The second-order valence-corrected chi connectivity index (χ2v) is 6.36. The zero-order valence-electron chi connectivity index (χ0n) is 15.0. The fraction of sp³-hybridized carbons (Fsp3) is 0.136. The van der Waals surface area contributed by atoms with Gasteiger partial charge in [-0.3, -0.25) is 4.79 Å². The standard InChI is InChI=1S/C22H20N2O3/c1-26-18-10-9-17-12-21(23-20(17)13-18)22(25)24(15-19-8-5-11-27-19)14-16-6-3-2-4-7-16/h2-13,23H,14-15H2,1H3. The van der Waals surface area contributed by atoms with Gasteiger partial charge in [0.1, 0.15) is 17.2 Å². The summed E-state index contributed by atoms with van der Waals surface area (Å²) in [7, 11) is 1.63. The van der Waals surface area contributed by atoms with Gasteiger partial charge in [0.25, 0.3) is 5.91 Å². The van der Waals surface area contributed by atoms with Gasteiger partial charge in [0, 0.05) is 23.5 Å². The van der Waals surface area contributed by atoms with E-state index in [2.05, 4.69) is 4.98 Å². The third-order valence-electron chi connectivity index (χ3n) is 4.49. The Morgan fingerprint density at radius 1 is 1.04 bits per heavy atom. The van der Waals surface area contributed by atoms with Crippen molar-refractivity contribution >= 4 is 16.8 Å². The number of hydrogen-bond donors (Lipinski definition) is 1. The van der Waals surface area contributed by atoms with Crippen LogP contribution in [0.4, 0.5) is 0 Å². The summed E-state index contributed by atoms with van der Waals surface area (Å²) < 4.78 is 10.7. The number of aromatic amines is 1. The summed E-state index contributed by atoms with van der Waals surface area (Å²) in [6.45, 7) is 0.901. The fourth-order valence-corrected chi connectivity index (χ4v) is 3.11. The Bertz CT molecular complexity index is 1040. The first-order chi connectivity index (χ1) is 13.2. The molecule has 2 heterocycles. The van der Waals surface area contributed by atoms with Crippen molar-refractivity contribution in [2.24, 2.45) is 0 Å². The van der Waals surface area contributed by atoms with Gasteiger partial charge in [0.05, 0.1) is 19.9 Å².